The van der Waals surface area contributed by atoms with Crippen LogP contribution in [-0.4, -0.2) is 49.9 Å². The van der Waals surface area contributed by atoms with E-state index in [1.807, 2.05) is 0 Å². The van der Waals surface area contributed by atoms with E-state index in [-0.39, 0.29) is 42.2 Å². The molecule has 3 amide bonds. The molecule has 0 fully saturated rings. The molecule has 0 atom stereocenters. The number of anilines is 2. The summed E-state index contributed by atoms with van der Waals surface area (Å²) in [6, 6.07) is 8.80. The lowest BCUT2D eigenvalue weighted by atomic mass is 10.1. The number of nitrogens with zero attached hydrogens (tertiary/aromatic N) is 1. The summed E-state index contributed by atoms with van der Waals surface area (Å²) in [7, 11) is 3.13. The predicted octanol–water partition coefficient (Wildman–Crippen LogP) is 2.21. The summed E-state index contributed by atoms with van der Waals surface area (Å²) in [5.74, 6) is -5.44. The van der Waals surface area contributed by atoms with Gasteiger partial charge in [-0.05, 0) is 42.5 Å². The molecule has 8 nitrogen and oxygen atoms in total. The molecule has 0 radical (unpaired) electrons. The van der Waals surface area contributed by atoms with Crippen LogP contribution in [-0.2, 0) is 20.3 Å². The molecule has 0 saturated carbocycles. The highest BCUT2D eigenvalue weighted by atomic mass is 19.3. The zero-order chi connectivity index (χ0) is 21.9. The number of hydrogen-bond donors (Lipinski definition) is 2. The SMILES string of the molecule is CN(C)C(=O)COc1ccc(C(F)(F)C(=O)Nc2ccc3c(c2)NC(=O)CO3)cc1. The van der Waals surface area contributed by atoms with Crippen molar-refractivity contribution < 1.29 is 32.6 Å². The molecule has 30 heavy (non-hydrogen) atoms. The summed E-state index contributed by atoms with van der Waals surface area (Å²) in [6.45, 7) is -0.373. The van der Waals surface area contributed by atoms with E-state index >= 15 is 0 Å². The summed E-state index contributed by atoms with van der Waals surface area (Å²) in [6.07, 6.45) is 0. The Morgan fingerprint density at radius 1 is 1.20 bits per heavy atom. The Balaban J connectivity index is 1.67. The molecule has 0 unspecified atom stereocenters. The van der Waals surface area contributed by atoms with Gasteiger partial charge in [0.1, 0.15) is 11.5 Å². The number of amides is 3. The number of ether oxygens (including phenoxy) is 2. The minimum absolute atomic E-state index is 0.0753. The Hall–Kier alpha value is -3.69. The van der Waals surface area contributed by atoms with Gasteiger partial charge in [-0.15, -0.1) is 0 Å². The zero-order valence-corrected chi connectivity index (χ0v) is 16.2. The van der Waals surface area contributed by atoms with Crippen LogP contribution in [0.2, 0.25) is 0 Å². The van der Waals surface area contributed by atoms with Gasteiger partial charge in [-0.1, -0.05) is 0 Å². The molecular weight excluding hydrogens is 400 g/mol. The first-order valence-corrected chi connectivity index (χ1v) is 8.86. The van der Waals surface area contributed by atoms with Gasteiger partial charge in [0.15, 0.2) is 13.2 Å². The number of halogens is 2. The van der Waals surface area contributed by atoms with Gasteiger partial charge in [0.25, 0.3) is 17.7 Å². The second-order valence-electron chi connectivity index (χ2n) is 6.68. The largest absolute Gasteiger partial charge is 0.484 e. The average molecular weight is 419 g/mol. The van der Waals surface area contributed by atoms with Gasteiger partial charge in [0.05, 0.1) is 5.69 Å². The summed E-state index contributed by atoms with van der Waals surface area (Å²) in [4.78, 5) is 36.4. The van der Waals surface area contributed by atoms with E-state index in [9.17, 15) is 23.2 Å². The molecule has 3 rings (SSSR count). The topological polar surface area (TPSA) is 97.0 Å². The van der Waals surface area contributed by atoms with Crippen LogP contribution in [0.5, 0.6) is 11.5 Å². The molecule has 158 valence electrons. The number of hydrogen-bond acceptors (Lipinski definition) is 5. The third kappa shape index (κ3) is 4.65. The highest BCUT2D eigenvalue weighted by Crippen LogP contribution is 2.33. The highest BCUT2D eigenvalue weighted by Gasteiger charge is 2.41. The fourth-order valence-corrected chi connectivity index (χ4v) is 2.54. The summed E-state index contributed by atoms with van der Waals surface area (Å²) in [5, 5.41) is 4.67. The first-order valence-electron chi connectivity index (χ1n) is 8.86. The fourth-order valence-electron chi connectivity index (χ4n) is 2.54. The first kappa shape index (κ1) is 21.0. The first-order chi connectivity index (χ1) is 14.2. The van der Waals surface area contributed by atoms with Crippen molar-refractivity contribution in [2.45, 2.75) is 5.92 Å². The van der Waals surface area contributed by atoms with E-state index < -0.39 is 17.4 Å². The van der Waals surface area contributed by atoms with Gasteiger partial charge in [-0.3, -0.25) is 14.4 Å². The van der Waals surface area contributed by atoms with Crippen LogP contribution in [0.3, 0.4) is 0 Å². The zero-order valence-electron chi connectivity index (χ0n) is 16.2. The molecule has 0 aliphatic carbocycles. The molecule has 10 heteroatoms. The Morgan fingerprint density at radius 2 is 1.90 bits per heavy atom. The molecule has 2 N–H and O–H groups in total. The maximum atomic E-state index is 14.6. The van der Waals surface area contributed by atoms with E-state index in [1.165, 1.54) is 35.2 Å². The Kier molecular flexibility index (Phi) is 5.86. The second-order valence-corrected chi connectivity index (χ2v) is 6.68. The number of carbonyl (C=O) groups excluding carboxylic acids is 3. The van der Waals surface area contributed by atoms with Crippen molar-refractivity contribution in [3.8, 4) is 11.5 Å². The van der Waals surface area contributed by atoms with Crippen molar-refractivity contribution in [2.24, 2.45) is 0 Å². The normalized spacial score (nSPS) is 12.9. The van der Waals surface area contributed by atoms with Crippen molar-refractivity contribution in [2.75, 3.05) is 37.9 Å². The van der Waals surface area contributed by atoms with Gasteiger partial charge >= 0.3 is 5.92 Å². The third-order valence-electron chi connectivity index (χ3n) is 4.23. The predicted molar refractivity (Wildman–Crippen MR) is 104 cm³/mol. The van der Waals surface area contributed by atoms with Crippen LogP contribution in [0, 0.1) is 0 Å². The number of nitrogens with one attached hydrogen (secondary N) is 2. The van der Waals surface area contributed by atoms with Crippen LogP contribution in [0.25, 0.3) is 0 Å². The molecule has 0 bridgehead atoms. The van der Waals surface area contributed by atoms with Gasteiger partial charge in [-0.25, -0.2) is 0 Å². The lowest BCUT2D eigenvalue weighted by Crippen LogP contribution is -2.32. The van der Waals surface area contributed by atoms with Crippen LogP contribution in [0.15, 0.2) is 42.5 Å². The molecule has 2 aromatic rings. The minimum Gasteiger partial charge on any atom is -0.484 e. The van der Waals surface area contributed by atoms with Gasteiger partial charge in [0, 0.05) is 25.3 Å². The maximum absolute atomic E-state index is 14.6. The molecule has 1 aliphatic rings. The fraction of sp³-hybridized carbons (Fsp3) is 0.250. The maximum Gasteiger partial charge on any atom is 0.350 e. The number of carbonyl (C=O) groups is 3. The molecule has 0 spiro atoms. The number of benzene rings is 2. The highest BCUT2D eigenvalue weighted by molar-refractivity contribution is 5.99. The van der Waals surface area contributed by atoms with E-state index in [4.69, 9.17) is 9.47 Å². The van der Waals surface area contributed by atoms with Crippen molar-refractivity contribution in [1.82, 2.24) is 4.90 Å². The second kappa shape index (κ2) is 8.36. The monoisotopic (exact) mass is 419 g/mol. The summed E-state index contributed by atoms with van der Waals surface area (Å²) < 4.78 is 39.6. The van der Waals surface area contributed by atoms with Gasteiger partial charge in [-0.2, -0.15) is 8.78 Å². The van der Waals surface area contributed by atoms with Gasteiger partial charge < -0.3 is 25.0 Å². The van der Waals surface area contributed by atoms with Crippen molar-refractivity contribution in [3.05, 3.63) is 48.0 Å². The van der Waals surface area contributed by atoms with Crippen molar-refractivity contribution >= 4 is 29.1 Å². The summed E-state index contributed by atoms with van der Waals surface area (Å²) in [5.41, 5.74) is -0.187. The van der Waals surface area contributed by atoms with E-state index in [2.05, 4.69) is 10.6 Å². The van der Waals surface area contributed by atoms with E-state index in [0.717, 1.165) is 12.1 Å². The Labute approximate surface area is 170 Å². The van der Waals surface area contributed by atoms with Crippen LogP contribution in [0.1, 0.15) is 5.56 Å². The molecule has 0 aromatic heterocycles. The third-order valence-corrected chi connectivity index (χ3v) is 4.23. The lowest BCUT2D eigenvalue weighted by molar-refractivity contribution is -0.140. The average Bonchev–Trinajstić information content (AvgIpc) is 2.71. The number of likely N-dealkylation sites (N-methyl/N-ethyl adjacent to an activating group) is 1. The number of fused-ring (bicyclic) bond motifs is 1. The minimum atomic E-state index is -3.83. The van der Waals surface area contributed by atoms with Crippen molar-refractivity contribution in [3.63, 3.8) is 0 Å². The molecular formula is C20H19F2N3O5. The summed E-state index contributed by atoms with van der Waals surface area (Å²) >= 11 is 0. The number of rotatable bonds is 6. The molecule has 1 heterocycles. The molecule has 2 aromatic carbocycles. The standard InChI is InChI=1S/C20H19F2N3O5/c1-25(2)18(27)11-29-14-6-3-12(4-7-14)20(21,22)19(28)23-13-5-8-16-15(9-13)24-17(26)10-30-16/h3-9H,10-11H2,1-2H3,(H,23,28)(H,24,26). The lowest BCUT2D eigenvalue weighted by Gasteiger charge is -2.20. The Bertz CT molecular complexity index is 977. The van der Waals surface area contributed by atoms with Crippen LogP contribution in [0.4, 0.5) is 20.2 Å². The van der Waals surface area contributed by atoms with Crippen molar-refractivity contribution in [1.29, 1.82) is 0 Å². The smallest absolute Gasteiger partial charge is 0.350 e. The Morgan fingerprint density at radius 3 is 2.57 bits per heavy atom. The van der Waals surface area contributed by atoms with Gasteiger partial charge in [0.2, 0.25) is 0 Å². The van der Waals surface area contributed by atoms with E-state index in [1.54, 1.807) is 14.1 Å². The number of alkyl halides is 2. The molecule has 1 aliphatic heterocycles. The van der Waals surface area contributed by atoms with Crippen LogP contribution < -0.4 is 20.1 Å². The van der Waals surface area contributed by atoms with E-state index in [0.29, 0.717) is 5.75 Å². The quantitative estimate of drug-likeness (QED) is 0.749. The molecule has 0 saturated heterocycles. The van der Waals surface area contributed by atoms with Crippen LogP contribution >= 0.6 is 0 Å².